The van der Waals surface area contributed by atoms with Crippen molar-refractivity contribution in [2.75, 3.05) is 33.4 Å². The number of hydrogen-bond acceptors (Lipinski definition) is 7. The van der Waals surface area contributed by atoms with Gasteiger partial charge >= 0.3 is 0 Å². The lowest BCUT2D eigenvalue weighted by Crippen LogP contribution is -2.42. The quantitative estimate of drug-likeness (QED) is 0.553. The van der Waals surface area contributed by atoms with Gasteiger partial charge in [0.1, 0.15) is 25.0 Å². The topological polar surface area (TPSA) is 96.7 Å². The van der Waals surface area contributed by atoms with E-state index < -0.39 is 0 Å². The van der Waals surface area contributed by atoms with Crippen LogP contribution in [0.3, 0.4) is 0 Å². The zero-order chi connectivity index (χ0) is 25.4. The Hall–Kier alpha value is -3.83. The standard InChI is InChI=1S/C29H30N4O4/c1-35-23-3-4-26-25(14-23)24(20(15-30)16-31-26)6-7-33-17-18-10-21(13-22(33)11-18)32-29(34)19-2-5-27-28(12-19)37-9-8-36-27/h2-5,12,14,16,18,21-22H,6-11,13,17H2,1H3,(H,32,34). The van der Waals surface area contributed by atoms with Gasteiger partial charge in [0.15, 0.2) is 11.5 Å². The summed E-state index contributed by atoms with van der Waals surface area (Å²) in [6.07, 6.45) is 5.53. The Balaban J connectivity index is 1.12. The molecule has 3 aromatic rings. The Morgan fingerprint density at radius 1 is 1.16 bits per heavy atom. The van der Waals surface area contributed by atoms with E-state index in [1.807, 2.05) is 24.3 Å². The summed E-state index contributed by atoms with van der Waals surface area (Å²) in [5.74, 6) is 2.58. The number of nitriles is 1. The molecule has 6 rings (SSSR count). The highest BCUT2D eigenvalue weighted by Crippen LogP contribution is 2.37. The maximum absolute atomic E-state index is 13.0. The molecule has 37 heavy (non-hydrogen) atoms. The van der Waals surface area contributed by atoms with E-state index in [1.165, 1.54) is 0 Å². The number of hydrogen-bond donors (Lipinski definition) is 1. The Morgan fingerprint density at radius 3 is 2.86 bits per heavy atom. The van der Waals surface area contributed by atoms with E-state index in [0.717, 1.165) is 61.0 Å². The van der Waals surface area contributed by atoms with Crippen molar-refractivity contribution in [1.29, 1.82) is 5.26 Å². The van der Waals surface area contributed by atoms with Crippen molar-refractivity contribution < 1.29 is 19.0 Å². The molecule has 8 nitrogen and oxygen atoms in total. The van der Waals surface area contributed by atoms with Crippen LogP contribution in [0.2, 0.25) is 0 Å². The minimum absolute atomic E-state index is 0.0642. The molecule has 1 N–H and O–H groups in total. The molecule has 3 unspecified atom stereocenters. The van der Waals surface area contributed by atoms with Gasteiger partial charge < -0.3 is 19.5 Å². The number of rotatable bonds is 6. The number of methoxy groups -OCH3 is 1. The molecule has 1 saturated heterocycles. The van der Waals surface area contributed by atoms with Crippen molar-refractivity contribution >= 4 is 16.8 Å². The molecule has 3 heterocycles. The third-order valence-corrected chi connectivity index (χ3v) is 7.88. The van der Waals surface area contributed by atoms with Gasteiger partial charge in [0.2, 0.25) is 0 Å². The first kappa shape index (κ1) is 23.6. The maximum Gasteiger partial charge on any atom is 0.251 e. The first-order valence-electron chi connectivity index (χ1n) is 12.9. The predicted molar refractivity (Wildman–Crippen MR) is 138 cm³/mol. The highest BCUT2D eigenvalue weighted by atomic mass is 16.6. The molecule has 0 radical (unpaired) electrons. The molecular formula is C29H30N4O4. The average molecular weight is 499 g/mol. The number of carbonyl (C=O) groups excluding carboxylic acids is 1. The molecule has 2 bridgehead atoms. The van der Waals surface area contributed by atoms with Crippen molar-refractivity contribution in [3.05, 3.63) is 59.3 Å². The molecule has 190 valence electrons. The third-order valence-electron chi connectivity index (χ3n) is 7.88. The summed E-state index contributed by atoms with van der Waals surface area (Å²) in [5, 5.41) is 14.0. The Labute approximate surface area is 216 Å². The summed E-state index contributed by atoms with van der Waals surface area (Å²) in [4.78, 5) is 20.0. The van der Waals surface area contributed by atoms with Crippen molar-refractivity contribution in [2.24, 2.45) is 5.92 Å². The van der Waals surface area contributed by atoms with E-state index in [-0.39, 0.29) is 11.9 Å². The number of pyridine rings is 1. The van der Waals surface area contributed by atoms with E-state index in [4.69, 9.17) is 14.2 Å². The second kappa shape index (κ2) is 9.91. The molecular weight excluding hydrogens is 468 g/mol. The maximum atomic E-state index is 13.0. The Morgan fingerprint density at radius 2 is 2.03 bits per heavy atom. The van der Waals surface area contributed by atoms with E-state index in [0.29, 0.717) is 47.8 Å². The molecule has 1 saturated carbocycles. The largest absolute Gasteiger partial charge is 0.497 e. The van der Waals surface area contributed by atoms with Gasteiger partial charge in [-0.3, -0.25) is 14.7 Å². The zero-order valence-corrected chi connectivity index (χ0v) is 20.9. The van der Waals surface area contributed by atoms with Crippen LogP contribution in [0.4, 0.5) is 0 Å². The monoisotopic (exact) mass is 498 g/mol. The molecule has 1 amide bonds. The predicted octanol–water partition coefficient (Wildman–Crippen LogP) is 3.71. The minimum atomic E-state index is -0.0642. The SMILES string of the molecule is COc1ccc2ncc(C#N)c(CCN3CC4CC(NC(=O)c5ccc6c(c5)OCCO6)CC3C4)c2c1. The molecule has 3 atom stereocenters. The normalized spacial score (nSPS) is 22.4. The molecule has 0 spiro atoms. The Kier molecular flexibility index (Phi) is 6.31. The van der Waals surface area contributed by atoms with Crippen LogP contribution in [-0.4, -0.2) is 61.3 Å². The van der Waals surface area contributed by atoms with Gasteiger partial charge in [0.05, 0.1) is 18.2 Å². The van der Waals surface area contributed by atoms with Gasteiger partial charge in [0.25, 0.3) is 5.91 Å². The number of ether oxygens (including phenoxy) is 3. The van der Waals surface area contributed by atoms with E-state index in [2.05, 4.69) is 21.3 Å². The fourth-order valence-electron chi connectivity index (χ4n) is 6.15. The lowest BCUT2D eigenvalue weighted by Gasteiger charge is -2.30. The van der Waals surface area contributed by atoms with Crippen LogP contribution in [0.1, 0.15) is 40.7 Å². The first-order chi connectivity index (χ1) is 18.1. The number of fused-ring (bicyclic) bond motifs is 4. The number of likely N-dealkylation sites (tertiary alicyclic amines) is 1. The lowest BCUT2D eigenvalue weighted by atomic mass is 9.86. The van der Waals surface area contributed by atoms with Gasteiger partial charge in [-0.05, 0) is 73.6 Å². The van der Waals surface area contributed by atoms with Crippen molar-refractivity contribution in [3.63, 3.8) is 0 Å². The molecule has 1 aromatic heterocycles. The lowest BCUT2D eigenvalue weighted by molar-refractivity contribution is 0.0917. The highest BCUT2D eigenvalue weighted by molar-refractivity contribution is 5.95. The summed E-state index contributed by atoms with van der Waals surface area (Å²) in [7, 11) is 1.65. The van der Waals surface area contributed by atoms with Gasteiger partial charge in [-0.15, -0.1) is 0 Å². The zero-order valence-electron chi connectivity index (χ0n) is 20.9. The fraction of sp³-hybridized carbons (Fsp3) is 0.414. The average Bonchev–Trinajstić information content (AvgIpc) is 3.23. The van der Waals surface area contributed by atoms with Crippen LogP contribution in [0.25, 0.3) is 10.9 Å². The number of nitrogens with one attached hydrogen (secondary N) is 1. The van der Waals surface area contributed by atoms with Gasteiger partial charge in [-0.1, -0.05) is 0 Å². The summed E-state index contributed by atoms with van der Waals surface area (Å²) in [5.41, 5.74) is 3.11. The molecule has 1 aliphatic carbocycles. The van der Waals surface area contributed by atoms with Crippen molar-refractivity contribution in [1.82, 2.24) is 15.2 Å². The molecule has 2 aliphatic heterocycles. The van der Waals surface area contributed by atoms with Gasteiger partial charge in [-0.25, -0.2) is 0 Å². The fourth-order valence-corrected chi connectivity index (χ4v) is 6.15. The van der Waals surface area contributed by atoms with Crippen LogP contribution in [0.5, 0.6) is 17.2 Å². The molecule has 2 aromatic carbocycles. The van der Waals surface area contributed by atoms with E-state index >= 15 is 0 Å². The van der Waals surface area contributed by atoms with Gasteiger partial charge in [-0.2, -0.15) is 5.26 Å². The smallest absolute Gasteiger partial charge is 0.251 e. The summed E-state index contributed by atoms with van der Waals surface area (Å²) in [6.45, 7) is 2.92. The molecule has 2 fully saturated rings. The minimum Gasteiger partial charge on any atom is -0.497 e. The van der Waals surface area contributed by atoms with Crippen LogP contribution in [-0.2, 0) is 6.42 Å². The van der Waals surface area contributed by atoms with E-state index in [9.17, 15) is 10.1 Å². The van der Waals surface area contributed by atoms with E-state index in [1.54, 1.807) is 25.4 Å². The van der Waals surface area contributed by atoms with Gasteiger partial charge in [0, 0.05) is 42.3 Å². The molecule has 3 aliphatic rings. The second-order valence-corrected chi connectivity index (χ2v) is 10.1. The summed E-state index contributed by atoms with van der Waals surface area (Å²) < 4.78 is 16.6. The number of aromatic nitrogens is 1. The van der Waals surface area contributed by atoms with Crippen LogP contribution in [0, 0.1) is 17.2 Å². The number of nitrogens with zero attached hydrogens (tertiary/aromatic N) is 3. The number of carbonyl (C=O) groups is 1. The van der Waals surface area contributed by atoms with Crippen molar-refractivity contribution in [3.8, 4) is 23.3 Å². The number of benzene rings is 2. The Bertz CT molecular complexity index is 1380. The second-order valence-electron chi connectivity index (χ2n) is 10.1. The highest BCUT2D eigenvalue weighted by Gasteiger charge is 2.39. The molecule has 8 heteroatoms. The summed E-state index contributed by atoms with van der Waals surface area (Å²) >= 11 is 0. The van der Waals surface area contributed by atoms with Crippen molar-refractivity contribution in [2.45, 2.75) is 37.8 Å². The summed E-state index contributed by atoms with van der Waals surface area (Å²) in [6, 6.07) is 14.1. The van der Waals surface area contributed by atoms with Crippen LogP contribution >= 0.6 is 0 Å². The van der Waals surface area contributed by atoms with Crippen LogP contribution < -0.4 is 19.5 Å². The number of amides is 1. The van der Waals surface area contributed by atoms with Crippen LogP contribution in [0.15, 0.2) is 42.6 Å². The first-order valence-corrected chi connectivity index (χ1v) is 12.9. The third kappa shape index (κ3) is 4.67.